The summed E-state index contributed by atoms with van der Waals surface area (Å²) in [6.07, 6.45) is 4.62. The van der Waals surface area contributed by atoms with Gasteiger partial charge in [-0.05, 0) is 47.5 Å². The summed E-state index contributed by atoms with van der Waals surface area (Å²) in [5, 5.41) is 16.8. The summed E-state index contributed by atoms with van der Waals surface area (Å²) >= 11 is 1.51. The Morgan fingerprint density at radius 2 is 2.12 bits per heavy atom. The van der Waals surface area contributed by atoms with Crippen LogP contribution in [-0.2, 0) is 10.4 Å². The van der Waals surface area contributed by atoms with Crippen LogP contribution in [-0.4, -0.2) is 27.5 Å². The Labute approximate surface area is 143 Å². The average Bonchev–Trinajstić information content (AvgIpc) is 3.13. The molecule has 1 amide bonds. The Balaban J connectivity index is 1.62. The van der Waals surface area contributed by atoms with Gasteiger partial charge in [0, 0.05) is 6.08 Å². The first kappa shape index (κ1) is 16.3. The summed E-state index contributed by atoms with van der Waals surface area (Å²) in [6.45, 7) is 1.81. The molecule has 1 atom stereocenters. The number of benzene rings is 1. The standard InChI is InChI=1S/C18H17N3O2S/c1-18(23,13-8-9-24-11-13)12-20-17(22)7-6-14-10-19-15-4-2-3-5-16(15)21-14/h2-11,23H,12H2,1H3,(H,20,22)/b7-6+/t18-/m1/s1. The van der Waals surface area contributed by atoms with E-state index in [0.29, 0.717) is 5.69 Å². The highest BCUT2D eigenvalue weighted by Gasteiger charge is 2.23. The molecule has 2 heterocycles. The lowest BCUT2D eigenvalue weighted by Gasteiger charge is -2.22. The fraction of sp³-hybridized carbons (Fsp3) is 0.167. The molecule has 0 spiro atoms. The highest BCUT2D eigenvalue weighted by atomic mass is 32.1. The van der Waals surface area contributed by atoms with E-state index in [1.807, 2.05) is 41.1 Å². The predicted molar refractivity (Wildman–Crippen MR) is 95.5 cm³/mol. The Morgan fingerprint density at radius 3 is 2.88 bits per heavy atom. The number of hydrogen-bond acceptors (Lipinski definition) is 5. The summed E-state index contributed by atoms with van der Waals surface area (Å²) in [5.74, 6) is -0.291. The van der Waals surface area contributed by atoms with Crippen LogP contribution in [0.1, 0.15) is 18.2 Å². The second-order valence-corrected chi connectivity index (χ2v) is 6.40. The van der Waals surface area contributed by atoms with E-state index in [9.17, 15) is 9.90 Å². The second kappa shape index (κ2) is 6.90. The Kier molecular flexibility index (Phi) is 4.69. The number of hydrogen-bond donors (Lipinski definition) is 2. The smallest absolute Gasteiger partial charge is 0.244 e. The minimum absolute atomic E-state index is 0.135. The van der Waals surface area contributed by atoms with Crippen LogP contribution >= 0.6 is 11.3 Å². The molecule has 6 heteroatoms. The van der Waals surface area contributed by atoms with E-state index in [0.717, 1.165) is 16.6 Å². The van der Waals surface area contributed by atoms with E-state index in [2.05, 4.69) is 15.3 Å². The van der Waals surface area contributed by atoms with Crippen LogP contribution in [0.15, 0.2) is 53.4 Å². The van der Waals surface area contributed by atoms with Gasteiger partial charge in [-0.1, -0.05) is 12.1 Å². The maximum Gasteiger partial charge on any atom is 0.244 e. The van der Waals surface area contributed by atoms with Gasteiger partial charge in [-0.25, -0.2) is 4.98 Å². The van der Waals surface area contributed by atoms with Crippen molar-refractivity contribution in [2.24, 2.45) is 0 Å². The zero-order chi connectivity index (χ0) is 17.0. The lowest BCUT2D eigenvalue weighted by atomic mass is 9.99. The van der Waals surface area contributed by atoms with Gasteiger partial charge >= 0.3 is 0 Å². The van der Waals surface area contributed by atoms with Gasteiger partial charge in [-0.2, -0.15) is 11.3 Å². The fourth-order valence-electron chi connectivity index (χ4n) is 2.20. The number of aromatic nitrogens is 2. The molecule has 0 aliphatic rings. The van der Waals surface area contributed by atoms with Crippen molar-refractivity contribution in [1.82, 2.24) is 15.3 Å². The largest absolute Gasteiger partial charge is 0.384 e. The molecule has 0 unspecified atom stereocenters. The van der Waals surface area contributed by atoms with E-state index in [4.69, 9.17) is 0 Å². The minimum atomic E-state index is -1.09. The highest BCUT2D eigenvalue weighted by molar-refractivity contribution is 7.08. The molecule has 0 bridgehead atoms. The molecule has 0 saturated heterocycles. The molecule has 2 N–H and O–H groups in total. The topological polar surface area (TPSA) is 75.1 Å². The zero-order valence-electron chi connectivity index (χ0n) is 13.1. The number of amides is 1. The highest BCUT2D eigenvalue weighted by Crippen LogP contribution is 2.21. The van der Waals surface area contributed by atoms with Crippen LogP contribution in [0.5, 0.6) is 0 Å². The van der Waals surface area contributed by atoms with Crippen LogP contribution in [0.3, 0.4) is 0 Å². The molecule has 24 heavy (non-hydrogen) atoms. The Morgan fingerprint density at radius 1 is 1.33 bits per heavy atom. The van der Waals surface area contributed by atoms with Gasteiger partial charge in [-0.3, -0.25) is 9.78 Å². The molecule has 2 aromatic heterocycles. The molecule has 5 nitrogen and oxygen atoms in total. The van der Waals surface area contributed by atoms with E-state index in [1.165, 1.54) is 17.4 Å². The molecule has 1 aromatic carbocycles. The van der Waals surface area contributed by atoms with Crippen LogP contribution < -0.4 is 5.32 Å². The van der Waals surface area contributed by atoms with E-state index in [-0.39, 0.29) is 12.5 Å². The number of nitrogens with zero attached hydrogens (tertiary/aromatic N) is 2. The van der Waals surface area contributed by atoms with Crippen LogP contribution in [0.4, 0.5) is 0 Å². The van der Waals surface area contributed by atoms with Crippen molar-refractivity contribution in [3.63, 3.8) is 0 Å². The number of nitrogens with one attached hydrogen (secondary N) is 1. The summed E-state index contributed by atoms with van der Waals surface area (Å²) in [6, 6.07) is 9.40. The SMILES string of the molecule is C[C@@](O)(CNC(=O)/C=C/c1cnc2ccccc2n1)c1ccsc1. The maximum atomic E-state index is 11.9. The van der Waals surface area contributed by atoms with Gasteiger partial charge < -0.3 is 10.4 Å². The lowest BCUT2D eigenvalue weighted by Crippen LogP contribution is -2.37. The molecule has 3 aromatic rings. The van der Waals surface area contributed by atoms with Gasteiger partial charge in [0.1, 0.15) is 5.60 Å². The third-order valence-electron chi connectivity index (χ3n) is 3.62. The minimum Gasteiger partial charge on any atom is -0.384 e. The quantitative estimate of drug-likeness (QED) is 0.701. The van der Waals surface area contributed by atoms with E-state index in [1.54, 1.807) is 19.2 Å². The van der Waals surface area contributed by atoms with Crippen LogP contribution in [0, 0.1) is 0 Å². The number of carbonyl (C=O) groups excluding carboxylic acids is 1. The molecular formula is C18H17N3O2S. The van der Waals surface area contributed by atoms with Crippen molar-refractivity contribution in [2.75, 3.05) is 6.54 Å². The monoisotopic (exact) mass is 339 g/mol. The average molecular weight is 339 g/mol. The van der Waals surface area contributed by atoms with Gasteiger partial charge in [-0.15, -0.1) is 0 Å². The number of rotatable bonds is 5. The normalized spacial score (nSPS) is 13.9. The number of thiophene rings is 1. The van der Waals surface area contributed by atoms with Crippen molar-refractivity contribution < 1.29 is 9.90 Å². The zero-order valence-corrected chi connectivity index (χ0v) is 14.0. The van der Waals surface area contributed by atoms with Crippen molar-refractivity contribution in [1.29, 1.82) is 0 Å². The second-order valence-electron chi connectivity index (χ2n) is 5.62. The van der Waals surface area contributed by atoms with Crippen molar-refractivity contribution in [2.45, 2.75) is 12.5 Å². The molecular weight excluding hydrogens is 322 g/mol. The summed E-state index contributed by atoms with van der Waals surface area (Å²) in [7, 11) is 0. The van der Waals surface area contributed by atoms with Crippen molar-refractivity contribution >= 4 is 34.4 Å². The predicted octanol–water partition coefficient (Wildman–Crippen LogP) is 2.73. The summed E-state index contributed by atoms with van der Waals surface area (Å²) in [4.78, 5) is 20.7. The van der Waals surface area contributed by atoms with Gasteiger partial charge in [0.15, 0.2) is 0 Å². The van der Waals surface area contributed by atoms with Crippen LogP contribution in [0.25, 0.3) is 17.1 Å². The van der Waals surface area contributed by atoms with Gasteiger partial charge in [0.2, 0.25) is 5.91 Å². The van der Waals surface area contributed by atoms with Crippen molar-refractivity contribution in [3.05, 3.63) is 64.6 Å². The fourth-order valence-corrected chi connectivity index (χ4v) is 2.99. The molecule has 0 fully saturated rings. The molecule has 0 saturated carbocycles. The van der Waals surface area contributed by atoms with Gasteiger partial charge in [0.05, 0.1) is 29.5 Å². The molecule has 0 aliphatic carbocycles. The summed E-state index contributed by atoms with van der Waals surface area (Å²) in [5.41, 5.74) is 1.89. The number of carbonyl (C=O) groups is 1. The molecule has 122 valence electrons. The van der Waals surface area contributed by atoms with Crippen molar-refractivity contribution in [3.8, 4) is 0 Å². The molecule has 0 aliphatic heterocycles. The van der Waals surface area contributed by atoms with Gasteiger partial charge in [0.25, 0.3) is 0 Å². The Hall–Kier alpha value is -2.57. The summed E-state index contributed by atoms with van der Waals surface area (Å²) < 4.78 is 0. The number of fused-ring (bicyclic) bond motifs is 1. The first-order chi connectivity index (χ1) is 11.5. The maximum absolute atomic E-state index is 11.9. The third-order valence-corrected chi connectivity index (χ3v) is 4.31. The molecule has 3 rings (SSSR count). The first-order valence-electron chi connectivity index (χ1n) is 7.47. The van der Waals surface area contributed by atoms with E-state index < -0.39 is 5.60 Å². The number of para-hydroxylation sites is 2. The third kappa shape index (κ3) is 3.84. The van der Waals surface area contributed by atoms with Crippen LogP contribution in [0.2, 0.25) is 0 Å². The number of aliphatic hydroxyl groups is 1. The first-order valence-corrected chi connectivity index (χ1v) is 8.42. The lowest BCUT2D eigenvalue weighted by molar-refractivity contribution is -0.117. The van der Waals surface area contributed by atoms with E-state index >= 15 is 0 Å². The molecule has 0 radical (unpaired) electrons. The Bertz CT molecular complexity index is 873.